The molecule has 4 heteroatoms. The van der Waals surface area contributed by atoms with Crippen molar-refractivity contribution in [1.29, 1.82) is 0 Å². The maximum Gasteiger partial charge on any atom is 0.159 e. The van der Waals surface area contributed by atoms with Crippen LogP contribution in [0, 0.1) is 5.92 Å². The van der Waals surface area contributed by atoms with Crippen LogP contribution in [-0.4, -0.2) is 19.7 Å². The monoisotopic (exact) mass is 344 g/mol. The van der Waals surface area contributed by atoms with Crippen molar-refractivity contribution in [1.82, 2.24) is 19.7 Å². The van der Waals surface area contributed by atoms with Gasteiger partial charge < -0.3 is 0 Å². The van der Waals surface area contributed by atoms with E-state index in [1.807, 2.05) is 30.2 Å². The first-order chi connectivity index (χ1) is 12.7. The molecule has 3 aliphatic rings. The van der Waals surface area contributed by atoms with E-state index >= 15 is 0 Å². The molecule has 0 N–H and O–H groups in total. The molecule has 4 nitrogen and oxygen atoms in total. The minimum atomic E-state index is 0.297. The molecule has 0 atom stereocenters. The molecule has 0 aliphatic heterocycles. The molecule has 26 heavy (non-hydrogen) atoms. The van der Waals surface area contributed by atoms with Crippen molar-refractivity contribution < 1.29 is 0 Å². The molecule has 0 radical (unpaired) electrons. The van der Waals surface area contributed by atoms with Gasteiger partial charge in [0.05, 0.1) is 11.4 Å². The fourth-order valence-electron chi connectivity index (χ4n) is 4.81. The smallest absolute Gasteiger partial charge is 0.159 e. The van der Waals surface area contributed by atoms with Crippen molar-refractivity contribution in [2.75, 3.05) is 0 Å². The van der Waals surface area contributed by atoms with Crippen molar-refractivity contribution in [3.63, 3.8) is 0 Å². The lowest BCUT2D eigenvalue weighted by Crippen LogP contribution is -2.38. The Morgan fingerprint density at radius 3 is 2.50 bits per heavy atom. The van der Waals surface area contributed by atoms with Crippen LogP contribution in [-0.2, 0) is 12.5 Å². The van der Waals surface area contributed by atoms with Gasteiger partial charge in [0, 0.05) is 36.0 Å². The lowest BCUT2D eigenvalue weighted by molar-refractivity contribution is 0.132. The third-order valence-electron chi connectivity index (χ3n) is 6.42. The van der Waals surface area contributed by atoms with Gasteiger partial charge in [-0.2, -0.15) is 5.10 Å². The minimum absolute atomic E-state index is 0.297. The molecular formula is C22H24N4. The molecule has 6 rings (SSSR count). The Bertz CT molecular complexity index is 921. The van der Waals surface area contributed by atoms with E-state index in [-0.39, 0.29) is 0 Å². The number of rotatable bonds is 3. The summed E-state index contributed by atoms with van der Waals surface area (Å²) in [6, 6.07) is 12.6. The SMILES string of the molecule is Cn1ccc(-c2cccc(-c3nccc(C45CCC(CC4)CC5)n3)c2)n1. The molecule has 3 aliphatic carbocycles. The molecule has 0 spiro atoms. The van der Waals surface area contributed by atoms with Crippen molar-refractivity contribution in [3.05, 3.63) is 54.5 Å². The van der Waals surface area contributed by atoms with Crippen LogP contribution in [0.15, 0.2) is 48.8 Å². The van der Waals surface area contributed by atoms with Crippen molar-refractivity contribution in [2.45, 2.75) is 43.9 Å². The number of benzene rings is 1. The second-order valence-electron chi connectivity index (χ2n) is 7.98. The molecule has 3 fully saturated rings. The molecule has 1 aromatic carbocycles. The predicted molar refractivity (Wildman–Crippen MR) is 103 cm³/mol. The lowest BCUT2D eigenvalue weighted by Gasteiger charge is -2.46. The minimum Gasteiger partial charge on any atom is -0.275 e. The van der Waals surface area contributed by atoms with E-state index in [0.29, 0.717) is 5.41 Å². The summed E-state index contributed by atoms with van der Waals surface area (Å²) in [5.41, 5.74) is 4.70. The number of hydrogen-bond donors (Lipinski definition) is 0. The van der Waals surface area contributed by atoms with Crippen LogP contribution >= 0.6 is 0 Å². The Labute approximate surface area is 154 Å². The van der Waals surface area contributed by atoms with Crippen molar-refractivity contribution in [2.24, 2.45) is 13.0 Å². The maximum absolute atomic E-state index is 5.04. The Morgan fingerprint density at radius 2 is 1.77 bits per heavy atom. The summed E-state index contributed by atoms with van der Waals surface area (Å²) in [6.45, 7) is 0. The largest absolute Gasteiger partial charge is 0.275 e. The van der Waals surface area contributed by atoms with Crippen LogP contribution < -0.4 is 0 Å². The van der Waals surface area contributed by atoms with Gasteiger partial charge >= 0.3 is 0 Å². The van der Waals surface area contributed by atoms with Gasteiger partial charge in [-0.05, 0) is 62.6 Å². The van der Waals surface area contributed by atoms with E-state index in [1.165, 1.54) is 44.2 Å². The molecule has 2 heterocycles. The molecule has 3 saturated carbocycles. The van der Waals surface area contributed by atoms with Gasteiger partial charge in [-0.1, -0.05) is 18.2 Å². The molecule has 0 unspecified atom stereocenters. The Balaban J connectivity index is 1.51. The summed E-state index contributed by atoms with van der Waals surface area (Å²) in [5.74, 6) is 1.80. The Hall–Kier alpha value is -2.49. The van der Waals surface area contributed by atoms with Gasteiger partial charge in [-0.15, -0.1) is 0 Å². The molecule has 0 saturated heterocycles. The molecule has 2 bridgehead atoms. The highest BCUT2D eigenvalue weighted by molar-refractivity contribution is 5.67. The van der Waals surface area contributed by atoms with E-state index in [4.69, 9.17) is 4.98 Å². The first kappa shape index (κ1) is 15.7. The van der Waals surface area contributed by atoms with Crippen LogP contribution in [0.1, 0.15) is 44.2 Å². The third kappa shape index (κ3) is 2.64. The average Bonchev–Trinajstić information content (AvgIpc) is 3.16. The zero-order chi connectivity index (χ0) is 17.6. The summed E-state index contributed by atoms with van der Waals surface area (Å²) in [4.78, 5) is 9.62. The van der Waals surface area contributed by atoms with Gasteiger partial charge in [0.1, 0.15) is 0 Å². The average molecular weight is 344 g/mol. The molecule has 3 aromatic rings. The summed E-state index contributed by atoms with van der Waals surface area (Å²) in [5, 5.41) is 4.51. The topological polar surface area (TPSA) is 43.6 Å². The van der Waals surface area contributed by atoms with E-state index < -0.39 is 0 Å². The Morgan fingerprint density at radius 1 is 1.00 bits per heavy atom. The quantitative estimate of drug-likeness (QED) is 0.687. The second-order valence-corrected chi connectivity index (χ2v) is 7.98. The van der Waals surface area contributed by atoms with Crippen LogP contribution in [0.3, 0.4) is 0 Å². The van der Waals surface area contributed by atoms with E-state index in [1.54, 1.807) is 0 Å². The van der Waals surface area contributed by atoms with Gasteiger partial charge in [0.2, 0.25) is 0 Å². The maximum atomic E-state index is 5.04. The summed E-state index contributed by atoms with van der Waals surface area (Å²) in [6.07, 6.45) is 11.9. The van der Waals surface area contributed by atoms with Gasteiger partial charge in [-0.3, -0.25) is 4.68 Å². The molecular weight excluding hydrogens is 320 g/mol. The second kappa shape index (κ2) is 6.04. The highest BCUT2D eigenvalue weighted by atomic mass is 15.2. The highest BCUT2D eigenvalue weighted by Crippen LogP contribution is 2.51. The first-order valence-corrected chi connectivity index (χ1v) is 9.66. The van der Waals surface area contributed by atoms with Crippen LogP contribution in [0.5, 0.6) is 0 Å². The first-order valence-electron chi connectivity index (χ1n) is 9.66. The number of aromatic nitrogens is 4. The predicted octanol–water partition coefficient (Wildman–Crippen LogP) is 4.77. The standard InChI is InChI=1S/C22H24N4/c1-26-14-9-19(25-26)17-3-2-4-18(15-17)21-23-13-8-20(24-21)22-10-5-16(6-11-22)7-12-22/h2-4,8-9,13-16H,5-7,10-12H2,1H3. The van der Waals surface area contributed by atoms with Crippen LogP contribution in [0.25, 0.3) is 22.6 Å². The van der Waals surface area contributed by atoms with Gasteiger partial charge in [0.25, 0.3) is 0 Å². The van der Waals surface area contributed by atoms with Gasteiger partial charge in [-0.25, -0.2) is 9.97 Å². The summed E-state index contributed by atoms with van der Waals surface area (Å²) in [7, 11) is 1.94. The normalized spacial score (nSPS) is 24.7. The lowest BCUT2D eigenvalue weighted by atomic mass is 9.59. The van der Waals surface area contributed by atoms with Crippen LogP contribution in [0.4, 0.5) is 0 Å². The summed E-state index contributed by atoms with van der Waals surface area (Å²) < 4.78 is 1.83. The number of nitrogens with zero attached hydrogens (tertiary/aromatic N) is 4. The highest BCUT2D eigenvalue weighted by Gasteiger charge is 2.42. The van der Waals surface area contributed by atoms with E-state index in [0.717, 1.165) is 28.6 Å². The third-order valence-corrected chi connectivity index (χ3v) is 6.42. The van der Waals surface area contributed by atoms with E-state index in [2.05, 4.69) is 40.4 Å². The fraction of sp³-hybridized carbons (Fsp3) is 0.409. The number of fused-ring (bicyclic) bond motifs is 3. The molecule has 2 aromatic heterocycles. The number of hydrogen-bond acceptors (Lipinski definition) is 3. The zero-order valence-corrected chi connectivity index (χ0v) is 15.2. The fourth-order valence-corrected chi connectivity index (χ4v) is 4.81. The van der Waals surface area contributed by atoms with Crippen LogP contribution in [0.2, 0.25) is 0 Å². The zero-order valence-electron chi connectivity index (χ0n) is 15.2. The van der Waals surface area contributed by atoms with E-state index in [9.17, 15) is 0 Å². The molecule has 132 valence electrons. The van der Waals surface area contributed by atoms with Crippen molar-refractivity contribution in [3.8, 4) is 22.6 Å². The molecule has 0 amide bonds. The van der Waals surface area contributed by atoms with Crippen molar-refractivity contribution >= 4 is 0 Å². The number of aryl methyl sites for hydroxylation is 1. The Kier molecular flexibility index (Phi) is 3.66. The van der Waals surface area contributed by atoms with Gasteiger partial charge in [0.15, 0.2) is 5.82 Å². The summed E-state index contributed by atoms with van der Waals surface area (Å²) >= 11 is 0.